The molecule has 0 aromatic heterocycles. The fourth-order valence-electron chi connectivity index (χ4n) is 3.72. The molecule has 1 amide bonds. The van der Waals surface area contributed by atoms with Crippen LogP contribution in [0.2, 0.25) is 0 Å². The molecular weight excluding hydrogens is 414 g/mol. The van der Waals surface area contributed by atoms with Gasteiger partial charge in [-0.2, -0.15) is 0 Å². The van der Waals surface area contributed by atoms with Crippen LogP contribution in [0.15, 0.2) is 77.0 Å². The van der Waals surface area contributed by atoms with Crippen LogP contribution in [0, 0.1) is 20.8 Å². The van der Waals surface area contributed by atoms with E-state index >= 15 is 0 Å². The molecule has 0 aliphatic carbocycles. The molecule has 0 spiro atoms. The minimum Gasteiger partial charge on any atom is -0.505 e. The molecule has 166 valence electrons. The van der Waals surface area contributed by atoms with Crippen molar-refractivity contribution < 1.29 is 14.6 Å². The van der Waals surface area contributed by atoms with Gasteiger partial charge in [-0.1, -0.05) is 48.0 Å². The van der Waals surface area contributed by atoms with Gasteiger partial charge in [0.15, 0.2) is 5.75 Å². The average Bonchev–Trinajstić information content (AvgIpc) is 2.80. The Bertz CT molecular complexity index is 1390. The highest BCUT2D eigenvalue weighted by atomic mass is 16.5. The van der Waals surface area contributed by atoms with E-state index in [2.05, 4.69) is 15.5 Å². The van der Waals surface area contributed by atoms with Gasteiger partial charge in [0.25, 0.3) is 5.91 Å². The molecule has 0 aliphatic rings. The largest absolute Gasteiger partial charge is 0.505 e. The Kier molecular flexibility index (Phi) is 6.09. The van der Waals surface area contributed by atoms with Gasteiger partial charge in [0, 0.05) is 11.1 Å². The number of hydrogen-bond donors (Lipinski definition) is 2. The minimum atomic E-state index is -0.421. The van der Waals surface area contributed by atoms with Gasteiger partial charge in [0.2, 0.25) is 0 Å². The number of carbonyl (C=O) groups excluding carboxylic acids is 1. The molecule has 4 aromatic carbocycles. The highest BCUT2D eigenvalue weighted by Crippen LogP contribution is 2.40. The van der Waals surface area contributed by atoms with Crippen molar-refractivity contribution in [3.63, 3.8) is 0 Å². The van der Waals surface area contributed by atoms with Crippen LogP contribution in [-0.2, 0) is 0 Å². The summed E-state index contributed by atoms with van der Waals surface area (Å²) >= 11 is 0. The van der Waals surface area contributed by atoms with E-state index in [1.807, 2.05) is 81.4 Å². The number of amides is 1. The number of rotatable bonds is 5. The lowest BCUT2D eigenvalue weighted by Gasteiger charge is -2.13. The van der Waals surface area contributed by atoms with Crippen LogP contribution in [0.4, 0.5) is 17.1 Å². The van der Waals surface area contributed by atoms with Gasteiger partial charge in [-0.15, -0.1) is 10.2 Å². The number of aromatic hydroxyl groups is 1. The molecule has 4 aromatic rings. The van der Waals surface area contributed by atoms with Crippen molar-refractivity contribution in [1.29, 1.82) is 0 Å². The van der Waals surface area contributed by atoms with Crippen LogP contribution >= 0.6 is 0 Å². The number of aryl methyl sites for hydroxylation is 3. The van der Waals surface area contributed by atoms with E-state index in [1.54, 1.807) is 13.2 Å². The molecule has 0 bridgehead atoms. The molecular formula is C27H25N3O3. The first-order valence-corrected chi connectivity index (χ1v) is 10.6. The number of benzene rings is 4. The zero-order valence-electron chi connectivity index (χ0n) is 19.0. The number of fused-ring (bicyclic) bond motifs is 1. The smallest absolute Gasteiger partial charge is 0.259 e. The summed E-state index contributed by atoms with van der Waals surface area (Å²) < 4.78 is 5.37. The first-order valence-electron chi connectivity index (χ1n) is 10.6. The first kappa shape index (κ1) is 22.0. The summed E-state index contributed by atoms with van der Waals surface area (Å²) in [7, 11) is 1.56. The van der Waals surface area contributed by atoms with Crippen molar-refractivity contribution in [1.82, 2.24) is 0 Å². The SMILES string of the molecule is COc1ccc(C)cc1N=Nc1c(O)c(C(=O)Nc2ccc(C)cc2C)cc2ccccc12. The van der Waals surface area contributed by atoms with Crippen molar-refractivity contribution >= 4 is 33.7 Å². The normalized spacial score (nSPS) is 11.2. The number of methoxy groups -OCH3 is 1. The fourth-order valence-corrected chi connectivity index (χ4v) is 3.72. The van der Waals surface area contributed by atoms with Gasteiger partial charge < -0.3 is 15.2 Å². The zero-order chi connectivity index (χ0) is 23.5. The predicted octanol–water partition coefficient (Wildman–Crippen LogP) is 7.15. The summed E-state index contributed by atoms with van der Waals surface area (Å²) in [6, 6.07) is 20.4. The third-order valence-electron chi connectivity index (χ3n) is 5.46. The molecule has 0 aliphatic heterocycles. The number of nitrogens with zero attached hydrogens (tertiary/aromatic N) is 2. The van der Waals surface area contributed by atoms with E-state index in [4.69, 9.17) is 4.74 Å². The van der Waals surface area contributed by atoms with E-state index in [9.17, 15) is 9.90 Å². The molecule has 33 heavy (non-hydrogen) atoms. The second kappa shape index (κ2) is 9.12. The summed E-state index contributed by atoms with van der Waals surface area (Å²) in [4.78, 5) is 13.1. The molecule has 0 fully saturated rings. The molecule has 0 atom stereocenters. The van der Waals surface area contributed by atoms with Crippen LogP contribution in [0.5, 0.6) is 11.5 Å². The van der Waals surface area contributed by atoms with Crippen LogP contribution < -0.4 is 10.1 Å². The van der Waals surface area contributed by atoms with E-state index in [0.29, 0.717) is 22.5 Å². The summed E-state index contributed by atoms with van der Waals surface area (Å²) in [6.07, 6.45) is 0. The van der Waals surface area contributed by atoms with Gasteiger partial charge in [-0.25, -0.2) is 0 Å². The summed E-state index contributed by atoms with van der Waals surface area (Å²) in [6.45, 7) is 5.87. The lowest BCUT2D eigenvalue weighted by atomic mass is 10.0. The van der Waals surface area contributed by atoms with Crippen molar-refractivity contribution in [3.05, 3.63) is 89.0 Å². The second-order valence-corrected chi connectivity index (χ2v) is 7.99. The number of hydrogen-bond acceptors (Lipinski definition) is 5. The lowest BCUT2D eigenvalue weighted by molar-refractivity contribution is 0.102. The number of ether oxygens (including phenoxy) is 1. The number of anilines is 1. The molecule has 6 nitrogen and oxygen atoms in total. The zero-order valence-corrected chi connectivity index (χ0v) is 19.0. The van der Waals surface area contributed by atoms with Crippen molar-refractivity contribution in [2.75, 3.05) is 12.4 Å². The Balaban J connectivity index is 1.79. The van der Waals surface area contributed by atoms with Gasteiger partial charge in [-0.05, 0) is 61.5 Å². The highest BCUT2D eigenvalue weighted by Gasteiger charge is 2.19. The number of phenols is 1. The fraction of sp³-hybridized carbons (Fsp3) is 0.148. The first-order chi connectivity index (χ1) is 15.9. The van der Waals surface area contributed by atoms with Crippen LogP contribution in [0.3, 0.4) is 0 Å². The van der Waals surface area contributed by atoms with Crippen LogP contribution in [-0.4, -0.2) is 18.1 Å². The standard InChI is InChI=1S/C27H25N3O3/c1-16-9-11-22(18(3)13-16)28-27(32)21-15-19-7-5-6-8-20(19)25(26(21)31)30-29-23-14-17(2)10-12-24(23)33-4/h5-15,31H,1-4H3,(H,28,32). The Morgan fingerprint density at radius 2 is 1.64 bits per heavy atom. The molecule has 0 radical (unpaired) electrons. The maximum absolute atomic E-state index is 13.1. The maximum atomic E-state index is 13.1. The van der Waals surface area contributed by atoms with E-state index in [1.165, 1.54) is 0 Å². The third kappa shape index (κ3) is 4.55. The molecule has 0 saturated heterocycles. The van der Waals surface area contributed by atoms with Gasteiger partial charge in [0.05, 0.1) is 12.7 Å². The minimum absolute atomic E-state index is 0.124. The highest BCUT2D eigenvalue weighted by molar-refractivity contribution is 6.12. The molecule has 4 rings (SSSR count). The number of phenolic OH excluding ortho intramolecular Hbond substituents is 1. The Morgan fingerprint density at radius 1 is 0.909 bits per heavy atom. The topological polar surface area (TPSA) is 83.3 Å². The molecule has 0 heterocycles. The Hall–Kier alpha value is -4.19. The summed E-state index contributed by atoms with van der Waals surface area (Å²) in [5.41, 5.74) is 4.61. The van der Waals surface area contributed by atoms with E-state index in [-0.39, 0.29) is 17.0 Å². The Morgan fingerprint density at radius 3 is 2.39 bits per heavy atom. The van der Waals surface area contributed by atoms with Crippen molar-refractivity contribution in [2.24, 2.45) is 10.2 Å². The predicted molar refractivity (Wildman–Crippen MR) is 131 cm³/mol. The van der Waals surface area contributed by atoms with E-state index < -0.39 is 5.91 Å². The maximum Gasteiger partial charge on any atom is 0.259 e. The average molecular weight is 440 g/mol. The number of nitrogens with one attached hydrogen (secondary N) is 1. The lowest BCUT2D eigenvalue weighted by Crippen LogP contribution is -2.13. The van der Waals surface area contributed by atoms with Crippen molar-refractivity contribution in [2.45, 2.75) is 20.8 Å². The van der Waals surface area contributed by atoms with E-state index in [0.717, 1.165) is 22.1 Å². The number of azo groups is 1. The van der Waals surface area contributed by atoms with Crippen LogP contribution in [0.25, 0.3) is 10.8 Å². The molecule has 0 saturated carbocycles. The van der Waals surface area contributed by atoms with Crippen molar-refractivity contribution in [3.8, 4) is 11.5 Å². The molecule has 2 N–H and O–H groups in total. The Labute approximate surface area is 192 Å². The molecule has 0 unspecified atom stereocenters. The second-order valence-electron chi connectivity index (χ2n) is 7.99. The number of carbonyl (C=O) groups is 1. The third-order valence-corrected chi connectivity index (χ3v) is 5.46. The van der Waals surface area contributed by atoms with Crippen LogP contribution in [0.1, 0.15) is 27.0 Å². The van der Waals surface area contributed by atoms with Gasteiger partial charge in [0.1, 0.15) is 17.1 Å². The summed E-state index contributed by atoms with van der Waals surface area (Å²) in [5.74, 6) is -0.0852. The monoisotopic (exact) mass is 439 g/mol. The molecule has 6 heteroatoms. The van der Waals surface area contributed by atoms with Gasteiger partial charge >= 0.3 is 0 Å². The quantitative estimate of drug-likeness (QED) is 0.324. The summed E-state index contributed by atoms with van der Waals surface area (Å²) in [5, 5.41) is 24.1. The van der Waals surface area contributed by atoms with Gasteiger partial charge in [-0.3, -0.25) is 4.79 Å².